The average molecular weight is 1400 g/mol. The summed E-state index contributed by atoms with van der Waals surface area (Å²) in [6.07, 6.45) is 55.8. The van der Waals surface area contributed by atoms with E-state index in [-0.39, 0.29) is 25.7 Å². The van der Waals surface area contributed by atoms with Gasteiger partial charge in [-0.2, -0.15) is 0 Å². The largest absolute Gasteiger partial charge is 0.472 e. The van der Waals surface area contributed by atoms with Gasteiger partial charge >= 0.3 is 39.5 Å². The third kappa shape index (κ3) is 70.3. The lowest BCUT2D eigenvalue weighted by Crippen LogP contribution is -2.30. The molecule has 564 valence electrons. The second-order valence-corrected chi connectivity index (χ2v) is 31.3. The number of hydrogen-bond acceptors (Lipinski definition) is 15. The number of carbonyl (C=O) groups excluding carboxylic acids is 4. The van der Waals surface area contributed by atoms with E-state index < -0.39 is 97.5 Å². The first-order chi connectivity index (χ1) is 45.9. The Bertz CT molecular complexity index is 1840. The van der Waals surface area contributed by atoms with E-state index in [1.165, 1.54) is 212 Å². The summed E-state index contributed by atoms with van der Waals surface area (Å²) in [6.45, 7) is 9.51. The molecule has 0 aliphatic carbocycles. The molecule has 0 saturated carbocycles. The second kappa shape index (κ2) is 67.9. The number of carbonyl (C=O) groups is 4. The van der Waals surface area contributed by atoms with Crippen molar-refractivity contribution in [2.24, 2.45) is 11.8 Å². The molecule has 0 spiro atoms. The Labute approximate surface area is 581 Å². The second-order valence-electron chi connectivity index (χ2n) is 28.3. The number of phosphoric acid groups is 2. The first-order valence-corrected chi connectivity index (χ1v) is 42.5. The Morgan fingerprint density at radius 1 is 0.284 bits per heavy atom. The van der Waals surface area contributed by atoms with E-state index in [0.717, 1.165) is 102 Å². The summed E-state index contributed by atoms with van der Waals surface area (Å²) in [5.74, 6) is -0.675. The molecular weight excluding hydrogens is 1250 g/mol. The Kier molecular flexibility index (Phi) is 66.5. The van der Waals surface area contributed by atoms with Crippen molar-refractivity contribution in [3.8, 4) is 0 Å². The lowest BCUT2D eigenvalue weighted by molar-refractivity contribution is -0.161. The summed E-state index contributed by atoms with van der Waals surface area (Å²) in [6, 6.07) is 0. The highest BCUT2D eigenvalue weighted by Crippen LogP contribution is 2.45. The Balaban J connectivity index is 5.16. The van der Waals surface area contributed by atoms with Crippen molar-refractivity contribution < 1.29 is 80.2 Å². The summed E-state index contributed by atoms with van der Waals surface area (Å²) < 4.78 is 68.4. The summed E-state index contributed by atoms with van der Waals surface area (Å²) >= 11 is 0. The molecule has 0 aliphatic heterocycles. The van der Waals surface area contributed by atoms with Crippen LogP contribution in [-0.2, 0) is 65.4 Å². The molecule has 0 radical (unpaired) electrons. The standard InChI is InChI=1S/C76H148O17P2/c1-7-9-11-13-15-17-19-20-21-22-23-24-25-26-27-28-29-31-33-42-48-54-60-75(80)92-71(65-87-74(79)59-53-47-41-36-34-38-44-50-56-68(3)4)66-90-94(82,83)88-62-70(77)63-89-95(84,85)91-67-72(93-76(81)61-55-49-43-37-35-39-45-51-57-69(5)6)64-86-73(78)58-52-46-40-32-30-18-16-14-12-10-8-2/h68-72,77H,7-67H2,1-6H3,(H,82,83)(H,84,85)/t70-,71-,72-/m1/s1. The Hall–Kier alpha value is -1.94. The molecule has 0 saturated heterocycles. The number of unbranched alkanes of at least 4 members (excludes halogenated alkanes) is 45. The molecule has 0 aromatic rings. The molecule has 19 heteroatoms. The number of esters is 4. The summed E-state index contributed by atoms with van der Waals surface area (Å²) in [7, 11) is -9.91. The first-order valence-electron chi connectivity index (χ1n) is 39.5. The minimum atomic E-state index is -4.96. The zero-order valence-corrected chi connectivity index (χ0v) is 63.8. The molecule has 95 heavy (non-hydrogen) atoms. The number of rotatable bonds is 75. The molecule has 0 bridgehead atoms. The van der Waals surface area contributed by atoms with Crippen molar-refractivity contribution in [2.45, 2.75) is 413 Å². The quantitative estimate of drug-likeness (QED) is 0.0222. The van der Waals surface area contributed by atoms with E-state index in [0.29, 0.717) is 25.7 Å². The monoisotopic (exact) mass is 1400 g/mol. The zero-order chi connectivity index (χ0) is 70.0. The molecule has 0 fully saturated rings. The smallest absolute Gasteiger partial charge is 0.462 e. The van der Waals surface area contributed by atoms with Gasteiger partial charge in [0.05, 0.1) is 26.4 Å². The van der Waals surface area contributed by atoms with Gasteiger partial charge in [-0.15, -0.1) is 0 Å². The fourth-order valence-corrected chi connectivity index (χ4v) is 13.2. The van der Waals surface area contributed by atoms with Crippen LogP contribution in [0.4, 0.5) is 0 Å². The van der Waals surface area contributed by atoms with Crippen molar-refractivity contribution in [1.29, 1.82) is 0 Å². The molecular formula is C76H148O17P2. The molecule has 5 atom stereocenters. The first kappa shape index (κ1) is 93.1. The van der Waals surface area contributed by atoms with Crippen LogP contribution in [0.1, 0.15) is 395 Å². The van der Waals surface area contributed by atoms with Gasteiger partial charge in [-0.1, -0.05) is 343 Å². The van der Waals surface area contributed by atoms with E-state index >= 15 is 0 Å². The van der Waals surface area contributed by atoms with E-state index in [1.807, 2.05) is 0 Å². The normalized spacial score (nSPS) is 14.0. The Morgan fingerprint density at radius 2 is 0.484 bits per heavy atom. The minimum absolute atomic E-state index is 0.105. The van der Waals surface area contributed by atoms with Gasteiger partial charge in [-0.25, -0.2) is 9.13 Å². The number of ether oxygens (including phenoxy) is 4. The molecule has 0 aromatic heterocycles. The number of aliphatic hydroxyl groups excluding tert-OH is 1. The highest BCUT2D eigenvalue weighted by molar-refractivity contribution is 7.47. The summed E-state index contributed by atoms with van der Waals surface area (Å²) in [4.78, 5) is 72.7. The van der Waals surface area contributed by atoms with Crippen LogP contribution >= 0.6 is 15.6 Å². The van der Waals surface area contributed by atoms with Crippen molar-refractivity contribution >= 4 is 39.5 Å². The third-order valence-electron chi connectivity index (χ3n) is 17.7. The Morgan fingerprint density at radius 3 is 0.716 bits per heavy atom. The highest BCUT2D eigenvalue weighted by Gasteiger charge is 2.30. The van der Waals surface area contributed by atoms with Gasteiger partial charge in [-0.05, 0) is 37.5 Å². The number of aliphatic hydroxyl groups is 1. The van der Waals surface area contributed by atoms with Gasteiger partial charge in [0.1, 0.15) is 19.3 Å². The maximum Gasteiger partial charge on any atom is 0.472 e. The van der Waals surface area contributed by atoms with Crippen molar-refractivity contribution in [1.82, 2.24) is 0 Å². The lowest BCUT2D eigenvalue weighted by Gasteiger charge is -2.21. The predicted molar refractivity (Wildman–Crippen MR) is 386 cm³/mol. The van der Waals surface area contributed by atoms with Gasteiger partial charge < -0.3 is 33.8 Å². The fraction of sp³-hybridized carbons (Fsp3) is 0.947. The predicted octanol–water partition coefficient (Wildman–Crippen LogP) is 22.3. The summed E-state index contributed by atoms with van der Waals surface area (Å²) in [5, 5.41) is 10.6. The van der Waals surface area contributed by atoms with Gasteiger partial charge in [0.2, 0.25) is 0 Å². The van der Waals surface area contributed by atoms with Crippen molar-refractivity contribution in [3.05, 3.63) is 0 Å². The number of hydrogen-bond donors (Lipinski definition) is 3. The van der Waals surface area contributed by atoms with E-state index in [4.69, 9.17) is 37.0 Å². The van der Waals surface area contributed by atoms with Gasteiger partial charge in [0.25, 0.3) is 0 Å². The topological polar surface area (TPSA) is 237 Å². The molecule has 0 rings (SSSR count). The summed E-state index contributed by atoms with van der Waals surface area (Å²) in [5.41, 5.74) is 0. The fourth-order valence-electron chi connectivity index (χ4n) is 11.7. The van der Waals surface area contributed by atoms with Crippen LogP contribution in [0.15, 0.2) is 0 Å². The van der Waals surface area contributed by atoms with Crippen LogP contribution < -0.4 is 0 Å². The van der Waals surface area contributed by atoms with Crippen LogP contribution in [0, 0.1) is 11.8 Å². The maximum absolute atomic E-state index is 13.1. The molecule has 0 heterocycles. The van der Waals surface area contributed by atoms with Crippen molar-refractivity contribution in [2.75, 3.05) is 39.6 Å². The molecule has 0 aromatic carbocycles. The van der Waals surface area contributed by atoms with Crippen LogP contribution in [0.5, 0.6) is 0 Å². The van der Waals surface area contributed by atoms with Crippen molar-refractivity contribution in [3.63, 3.8) is 0 Å². The molecule has 0 amide bonds. The number of phosphoric ester groups is 2. The van der Waals surface area contributed by atoms with E-state index in [1.54, 1.807) is 0 Å². The highest BCUT2D eigenvalue weighted by atomic mass is 31.2. The van der Waals surface area contributed by atoms with E-state index in [9.17, 15) is 43.2 Å². The maximum atomic E-state index is 13.1. The molecule has 3 N–H and O–H groups in total. The molecule has 17 nitrogen and oxygen atoms in total. The van der Waals surface area contributed by atoms with Crippen LogP contribution in [-0.4, -0.2) is 96.7 Å². The average Bonchev–Trinajstić information content (AvgIpc) is 3.29. The van der Waals surface area contributed by atoms with Gasteiger partial charge in [0, 0.05) is 25.7 Å². The third-order valence-corrected chi connectivity index (χ3v) is 19.6. The molecule has 2 unspecified atom stereocenters. The minimum Gasteiger partial charge on any atom is -0.462 e. The zero-order valence-electron chi connectivity index (χ0n) is 62.0. The SMILES string of the molecule is CCCCCCCCCCCCCCCCCCCCCCCCC(=O)O[C@H](COC(=O)CCCCCCCCCCC(C)C)COP(=O)(O)OC[C@@H](O)COP(=O)(O)OC[C@@H](COC(=O)CCCCCCCCCCCCC)OC(=O)CCCCCCCCCCC(C)C. The van der Waals surface area contributed by atoms with E-state index in [2.05, 4.69) is 41.5 Å². The van der Waals surface area contributed by atoms with Gasteiger partial charge in [0.15, 0.2) is 12.2 Å². The van der Waals surface area contributed by atoms with Crippen LogP contribution in [0.3, 0.4) is 0 Å². The lowest BCUT2D eigenvalue weighted by atomic mass is 10.0. The molecule has 0 aliphatic rings. The van der Waals surface area contributed by atoms with Crippen LogP contribution in [0.2, 0.25) is 0 Å². The van der Waals surface area contributed by atoms with Gasteiger partial charge in [-0.3, -0.25) is 37.3 Å². The van der Waals surface area contributed by atoms with Crippen LogP contribution in [0.25, 0.3) is 0 Å².